The van der Waals surface area contributed by atoms with E-state index in [9.17, 15) is 19.5 Å². The number of benzene rings is 1. The highest BCUT2D eigenvalue weighted by Gasteiger charge is 2.43. The van der Waals surface area contributed by atoms with Crippen LogP contribution in [0.3, 0.4) is 0 Å². The molecule has 12 heteroatoms. The summed E-state index contributed by atoms with van der Waals surface area (Å²) in [5.41, 5.74) is 4.19. The summed E-state index contributed by atoms with van der Waals surface area (Å²) >= 11 is 1.23. The number of aryl methyl sites for hydroxylation is 1. The Hall–Kier alpha value is -3.74. The second-order valence-electron chi connectivity index (χ2n) is 12.1. The van der Waals surface area contributed by atoms with Gasteiger partial charge in [-0.1, -0.05) is 18.2 Å². The van der Waals surface area contributed by atoms with E-state index in [4.69, 9.17) is 19.6 Å². The van der Waals surface area contributed by atoms with Crippen molar-refractivity contribution in [2.45, 2.75) is 76.9 Å². The summed E-state index contributed by atoms with van der Waals surface area (Å²) in [5, 5.41) is 10.4. The number of nitrogens with two attached hydrogens (primary N) is 1. The fourth-order valence-electron chi connectivity index (χ4n) is 6.84. The fourth-order valence-corrected chi connectivity index (χ4v) is 8.08. The van der Waals surface area contributed by atoms with E-state index in [1.54, 1.807) is 14.0 Å². The molecule has 0 bridgehead atoms. The summed E-state index contributed by atoms with van der Waals surface area (Å²) in [4.78, 5) is 46.1. The molecule has 2 saturated carbocycles. The van der Waals surface area contributed by atoms with Gasteiger partial charge in [-0.15, -0.1) is 11.3 Å². The average molecular weight is 609 g/mol. The van der Waals surface area contributed by atoms with Crippen LogP contribution in [-0.4, -0.2) is 44.4 Å². The predicted molar refractivity (Wildman–Crippen MR) is 161 cm³/mol. The number of carbonyl (C=O) groups excluding carboxylic acids is 1. The van der Waals surface area contributed by atoms with E-state index in [0.29, 0.717) is 38.7 Å². The first-order chi connectivity index (χ1) is 20.5. The van der Waals surface area contributed by atoms with Crippen LogP contribution in [0.1, 0.15) is 56.8 Å². The molecular weight excluding hydrogens is 572 g/mol. The Balaban J connectivity index is 1.52. The molecule has 5 atom stereocenters. The maximum absolute atomic E-state index is 14.3. The van der Waals surface area contributed by atoms with Crippen molar-refractivity contribution in [2.24, 2.45) is 17.6 Å². The standard InChI is InChI=1S/C31H36N4O7S/c1-16-24-27(37)35(31(2,3)29(32)38)30(39)34(28(24)43-25(16)26-33-9-10-41-26)15-23(21-7-5-6-8-22(21)40-4)42-20-13-17-11-19(36)12-18(17)14-20/h5-10,17-20,23,36H,11-15H2,1-4H3,(H2,32,38)/t17-,18+,19?,20?,23?. The van der Waals surface area contributed by atoms with Gasteiger partial charge in [0.05, 0.1) is 42.3 Å². The number of oxazole rings is 1. The maximum atomic E-state index is 14.3. The topological polar surface area (TPSA) is 152 Å². The van der Waals surface area contributed by atoms with Crippen LogP contribution in [0.15, 0.2) is 50.7 Å². The number of methoxy groups -OCH3 is 1. The summed E-state index contributed by atoms with van der Waals surface area (Å²) in [6.45, 7) is 4.75. The van der Waals surface area contributed by atoms with E-state index in [-0.39, 0.29) is 24.1 Å². The van der Waals surface area contributed by atoms with Crippen molar-refractivity contribution in [2.75, 3.05) is 7.11 Å². The van der Waals surface area contributed by atoms with E-state index >= 15 is 0 Å². The highest BCUT2D eigenvalue weighted by molar-refractivity contribution is 7.22. The predicted octanol–water partition coefficient (Wildman–Crippen LogP) is 3.72. The Morgan fingerprint density at radius 2 is 1.91 bits per heavy atom. The molecule has 6 rings (SSSR count). The number of ether oxygens (including phenoxy) is 2. The molecule has 2 aliphatic rings. The lowest BCUT2D eigenvalue weighted by atomic mass is 10.0. The van der Waals surface area contributed by atoms with Crippen LogP contribution >= 0.6 is 11.3 Å². The molecular formula is C31H36N4O7S. The number of para-hydroxylation sites is 1. The summed E-state index contributed by atoms with van der Waals surface area (Å²) in [6.07, 6.45) is 5.18. The average Bonchev–Trinajstić information content (AvgIpc) is 3.74. The van der Waals surface area contributed by atoms with Crippen LogP contribution in [0.25, 0.3) is 21.0 Å². The number of fused-ring (bicyclic) bond motifs is 2. The number of thiophene rings is 1. The van der Waals surface area contributed by atoms with Gasteiger partial charge in [0.1, 0.15) is 28.5 Å². The van der Waals surface area contributed by atoms with E-state index in [1.165, 1.54) is 42.2 Å². The number of rotatable bonds is 9. The number of carbonyl (C=O) groups is 1. The molecule has 0 spiro atoms. The van der Waals surface area contributed by atoms with E-state index in [1.807, 2.05) is 24.3 Å². The van der Waals surface area contributed by atoms with Crippen LogP contribution in [0.2, 0.25) is 0 Å². The first-order valence-corrected chi connectivity index (χ1v) is 15.3. The van der Waals surface area contributed by atoms with Crippen LogP contribution in [0, 0.1) is 18.8 Å². The zero-order valence-corrected chi connectivity index (χ0v) is 25.4. The zero-order chi connectivity index (χ0) is 30.6. The minimum atomic E-state index is -1.61. The number of hydrogen-bond donors (Lipinski definition) is 2. The Labute approximate surface area is 251 Å². The number of hydrogen-bond acceptors (Lipinski definition) is 9. The third-order valence-corrected chi connectivity index (χ3v) is 10.4. The number of aromatic nitrogens is 3. The highest BCUT2D eigenvalue weighted by atomic mass is 32.1. The van der Waals surface area contributed by atoms with Gasteiger partial charge in [0.25, 0.3) is 5.56 Å². The van der Waals surface area contributed by atoms with Crippen molar-refractivity contribution < 1.29 is 23.8 Å². The molecule has 43 heavy (non-hydrogen) atoms. The lowest BCUT2D eigenvalue weighted by Gasteiger charge is -2.28. The second-order valence-corrected chi connectivity index (χ2v) is 13.1. The van der Waals surface area contributed by atoms with E-state index in [0.717, 1.165) is 35.8 Å². The SMILES string of the molecule is COc1ccccc1C(Cn1c(=O)n(C(C)(C)C(N)=O)c(=O)c2c(C)c(-c3ncco3)sc21)OC1C[C@H]2CC(O)C[C@H]2C1. The van der Waals surface area contributed by atoms with Gasteiger partial charge in [-0.25, -0.2) is 14.3 Å². The van der Waals surface area contributed by atoms with Crippen LogP contribution in [0.5, 0.6) is 5.75 Å². The summed E-state index contributed by atoms with van der Waals surface area (Å²) in [6, 6.07) is 7.51. The first kappa shape index (κ1) is 29.3. The fraction of sp³-hybridized carbons (Fsp3) is 0.484. The van der Waals surface area contributed by atoms with Gasteiger partial charge < -0.3 is 24.7 Å². The van der Waals surface area contributed by atoms with Gasteiger partial charge in [0.15, 0.2) is 0 Å². The Bertz CT molecular complexity index is 1770. The molecule has 4 aromatic rings. The molecule has 2 fully saturated rings. The van der Waals surface area contributed by atoms with E-state index in [2.05, 4.69) is 4.98 Å². The molecule has 1 aromatic carbocycles. The quantitative estimate of drug-likeness (QED) is 0.292. The van der Waals surface area contributed by atoms with Crippen molar-refractivity contribution in [1.29, 1.82) is 0 Å². The first-order valence-electron chi connectivity index (χ1n) is 14.5. The molecule has 1 amide bonds. The number of nitrogens with zero attached hydrogens (tertiary/aromatic N) is 3. The Morgan fingerprint density at radius 3 is 2.53 bits per heavy atom. The lowest BCUT2D eigenvalue weighted by Crippen LogP contribution is -2.54. The number of primary amides is 1. The molecule has 3 heterocycles. The van der Waals surface area contributed by atoms with Gasteiger partial charge in [0, 0.05) is 5.56 Å². The van der Waals surface area contributed by atoms with Crippen molar-refractivity contribution in [1.82, 2.24) is 14.1 Å². The zero-order valence-electron chi connectivity index (χ0n) is 24.6. The molecule has 0 saturated heterocycles. The molecule has 3 N–H and O–H groups in total. The van der Waals surface area contributed by atoms with Crippen LogP contribution in [0.4, 0.5) is 0 Å². The second kappa shape index (κ2) is 11.1. The third-order valence-electron chi connectivity index (χ3n) is 9.14. The number of aliphatic hydroxyl groups excluding tert-OH is 1. The summed E-state index contributed by atoms with van der Waals surface area (Å²) < 4.78 is 20.5. The minimum absolute atomic E-state index is 0.0459. The minimum Gasteiger partial charge on any atom is -0.496 e. The maximum Gasteiger partial charge on any atom is 0.333 e. The number of amides is 1. The molecule has 11 nitrogen and oxygen atoms in total. The van der Waals surface area contributed by atoms with Gasteiger partial charge >= 0.3 is 5.69 Å². The van der Waals surface area contributed by atoms with Gasteiger partial charge in [-0.05, 0) is 69.9 Å². The van der Waals surface area contributed by atoms with E-state index < -0.39 is 28.8 Å². The van der Waals surface area contributed by atoms with Crippen molar-refractivity contribution in [3.05, 3.63) is 68.7 Å². The van der Waals surface area contributed by atoms with Gasteiger partial charge in [0.2, 0.25) is 11.8 Å². The largest absolute Gasteiger partial charge is 0.496 e. The van der Waals surface area contributed by atoms with Gasteiger partial charge in [-0.2, -0.15) is 0 Å². The van der Waals surface area contributed by atoms with Crippen molar-refractivity contribution >= 4 is 27.5 Å². The molecule has 0 radical (unpaired) electrons. The van der Waals surface area contributed by atoms with Crippen molar-refractivity contribution in [3.63, 3.8) is 0 Å². The molecule has 228 valence electrons. The van der Waals surface area contributed by atoms with Crippen molar-refractivity contribution in [3.8, 4) is 16.5 Å². The summed E-state index contributed by atoms with van der Waals surface area (Å²) in [7, 11) is 1.59. The normalized spacial score (nSPS) is 22.6. The lowest BCUT2D eigenvalue weighted by molar-refractivity contribution is -0.125. The molecule has 0 aliphatic heterocycles. The smallest absolute Gasteiger partial charge is 0.333 e. The molecule has 2 aliphatic carbocycles. The van der Waals surface area contributed by atoms with Crippen LogP contribution < -0.4 is 21.7 Å². The monoisotopic (exact) mass is 608 g/mol. The molecule has 3 unspecified atom stereocenters. The van der Waals surface area contributed by atoms with Crippen LogP contribution in [-0.2, 0) is 21.6 Å². The summed E-state index contributed by atoms with van der Waals surface area (Å²) in [5.74, 6) is 0.924. The highest BCUT2D eigenvalue weighted by Crippen LogP contribution is 2.47. The Kier molecular flexibility index (Phi) is 7.55. The molecule has 3 aromatic heterocycles. The Morgan fingerprint density at radius 1 is 1.21 bits per heavy atom. The van der Waals surface area contributed by atoms with Gasteiger partial charge in [-0.3, -0.25) is 14.2 Å². The third kappa shape index (κ3) is 5.00. The number of aliphatic hydroxyl groups is 1.